The molecule has 0 atom stereocenters. The molecule has 0 bridgehead atoms. The molecule has 2 aromatic heterocycles. The first-order valence-electron chi connectivity index (χ1n) is 6.53. The fourth-order valence-electron chi connectivity index (χ4n) is 2.12. The number of benzene rings is 1. The molecule has 0 unspecified atom stereocenters. The zero-order valence-electron chi connectivity index (χ0n) is 11.3. The Labute approximate surface area is 117 Å². The number of anilines is 2. The van der Waals surface area contributed by atoms with Gasteiger partial charge in [0.2, 0.25) is 0 Å². The van der Waals surface area contributed by atoms with Crippen molar-refractivity contribution in [1.29, 1.82) is 0 Å². The number of fused-ring (bicyclic) bond motifs is 1. The zero-order valence-corrected chi connectivity index (χ0v) is 11.3. The highest BCUT2D eigenvalue weighted by atomic mass is 15.0. The lowest BCUT2D eigenvalue weighted by Crippen LogP contribution is -2.04. The molecule has 0 aliphatic carbocycles. The lowest BCUT2D eigenvalue weighted by molar-refractivity contribution is 1.01. The number of rotatable bonds is 3. The largest absolute Gasteiger partial charge is 0.399 e. The Kier molecular flexibility index (Phi) is 3.21. The molecule has 1 aromatic carbocycles. The Bertz CT molecular complexity index is 752. The average Bonchev–Trinajstić information content (AvgIpc) is 2.46. The molecule has 3 rings (SSSR count). The van der Waals surface area contributed by atoms with Crippen LogP contribution in [-0.4, -0.2) is 9.97 Å². The predicted octanol–water partition coefficient (Wildman–Crippen LogP) is 3.13. The predicted molar refractivity (Wildman–Crippen MR) is 82.5 cm³/mol. The first kappa shape index (κ1) is 12.4. The fraction of sp³-hybridized carbons (Fsp3) is 0.125. The second-order valence-corrected chi connectivity index (χ2v) is 4.77. The molecule has 4 nitrogen and oxygen atoms in total. The number of aromatic nitrogens is 2. The summed E-state index contributed by atoms with van der Waals surface area (Å²) in [7, 11) is 0. The lowest BCUT2D eigenvalue weighted by atomic mass is 10.2. The summed E-state index contributed by atoms with van der Waals surface area (Å²) in [6.07, 6.45) is 1.81. The standard InChI is InChI=1S/C16H16N4/c1-11-3-2-8-18-15(11)10-19-16-7-4-12-9-13(17)5-6-14(12)20-16/h2-9H,10,17H2,1H3,(H,19,20). The fourth-order valence-corrected chi connectivity index (χ4v) is 2.12. The van der Waals surface area contributed by atoms with E-state index in [9.17, 15) is 0 Å². The smallest absolute Gasteiger partial charge is 0.126 e. The molecule has 0 amide bonds. The second kappa shape index (κ2) is 5.17. The normalized spacial score (nSPS) is 10.7. The summed E-state index contributed by atoms with van der Waals surface area (Å²) in [5.41, 5.74) is 9.66. The van der Waals surface area contributed by atoms with Gasteiger partial charge >= 0.3 is 0 Å². The Balaban J connectivity index is 1.81. The van der Waals surface area contributed by atoms with E-state index in [4.69, 9.17) is 5.73 Å². The Hall–Kier alpha value is -2.62. The van der Waals surface area contributed by atoms with Crippen molar-refractivity contribution in [2.45, 2.75) is 13.5 Å². The van der Waals surface area contributed by atoms with Crippen LogP contribution in [0.4, 0.5) is 11.5 Å². The maximum absolute atomic E-state index is 5.76. The topological polar surface area (TPSA) is 63.8 Å². The van der Waals surface area contributed by atoms with Crippen LogP contribution in [0.2, 0.25) is 0 Å². The van der Waals surface area contributed by atoms with Gasteiger partial charge in [-0.1, -0.05) is 6.07 Å². The van der Waals surface area contributed by atoms with Gasteiger partial charge < -0.3 is 11.1 Å². The van der Waals surface area contributed by atoms with E-state index in [-0.39, 0.29) is 0 Å². The number of hydrogen-bond donors (Lipinski definition) is 2. The summed E-state index contributed by atoms with van der Waals surface area (Å²) in [5, 5.41) is 4.35. The van der Waals surface area contributed by atoms with Gasteiger partial charge in [0.15, 0.2) is 0 Å². The van der Waals surface area contributed by atoms with E-state index in [0.29, 0.717) is 6.54 Å². The molecule has 20 heavy (non-hydrogen) atoms. The molecule has 0 saturated carbocycles. The molecule has 0 fully saturated rings. The first-order chi connectivity index (χ1) is 9.72. The minimum atomic E-state index is 0.667. The second-order valence-electron chi connectivity index (χ2n) is 4.77. The molecular weight excluding hydrogens is 248 g/mol. The summed E-state index contributed by atoms with van der Waals surface area (Å²) in [6, 6.07) is 13.7. The number of nitrogens with two attached hydrogens (primary N) is 1. The van der Waals surface area contributed by atoms with Crippen molar-refractivity contribution in [1.82, 2.24) is 9.97 Å². The van der Waals surface area contributed by atoms with Gasteiger partial charge in [-0.25, -0.2) is 4.98 Å². The Morgan fingerprint density at radius 1 is 1.15 bits per heavy atom. The molecule has 3 aromatic rings. The minimum Gasteiger partial charge on any atom is -0.399 e. The van der Waals surface area contributed by atoms with Crippen LogP contribution in [-0.2, 0) is 6.54 Å². The number of aryl methyl sites for hydroxylation is 1. The van der Waals surface area contributed by atoms with Crippen LogP contribution in [0.5, 0.6) is 0 Å². The van der Waals surface area contributed by atoms with E-state index in [2.05, 4.69) is 28.3 Å². The van der Waals surface area contributed by atoms with E-state index in [1.54, 1.807) is 6.20 Å². The Morgan fingerprint density at radius 3 is 2.90 bits per heavy atom. The van der Waals surface area contributed by atoms with E-state index < -0.39 is 0 Å². The molecule has 2 heterocycles. The van der Waals surface area contributed by atoms with Gasteiger partial charge in [0.05, 0.1) is 17.8 Å². The maximum atomic E-state index is 5.76. The maximum Gasteiger partial charge on any atom is 0.126 e. The SMILES string of the molecule is Cc1cccnc1CNc1ccc2cc(N)ccc2n1. The van der Waals surface area contributed by atoms with Crippen molar-refractivity contribution >= 4 is 22.4 Å². The van der Waals surface area contributed by atoms with Crippen molar-refractivity contribution in [3.05, 3.63) is 59.9 Å². The van der Waals surface area contributed by atoms with E-state index in [1.165, 1.54) is 5.56 Å². The van der Waals surface area contributed by atoms with Crippen molar-refractivity contribution < 1.29 is 0 Å². The van der Waals surface area contributed by atoms with Crippen LogP contribution in [0.3, 0.4) is 0 Å². The molecule has 0 radical (unpaired) electrons. The molecule has 0 aliphatic heterocycles. The summed E-state index contributed by atoms with van der Waals surface area (Å²) in [4.78, 5) is 8.93. The third-order valence-electron chi connectivity index (χ3n) is 3.27. The highest BCUT2D eigenvalue weighted by Gasteiger charge is 2.01. The number of nitrogens with zero attached hydrogens (tertiary/aromatic N) is 2. The molecule has 3 N–H and O–H groups in total. The van der Waals surface area contributed by atoms with Gasteiger partial charge in [0, 0.05) is 17.3 Å². The molecular formula is C16H16N4. The van der Waals surface area contributed by atoms with Crippen molar-refractivity contribution in [2.24, 2.45) is 0 Å². The monoisotopic (exact) mass is 264 g/mol. The van der Waals surface area contributed by atoms with Crippen LogP contribution in [0.15, 0.2) is 48.7 Å². The highest BCUT2D eigenvalue weighted by molar-refractivity contribution is 5.83. The third kappa shape index (κ3) is 2.54. The number of pyridine rings is 2. The van der Waals surface area contributed by atoms with Gasteiger partial charge in [-0.3, -0.25) is 4.98 Å². The summed E-state index contributed by atoms with van der Waals surface area (Å²) < 4.78 is 0. The van der Waals surface area contributed by atoms with Gasteiger partial charge in [0.1, 0.15) is 5.82 Å². The Morgan fingerprint density at radius 2 is 2.05 bits per heavy atom. The number of hydrogen-bond acceptors (Lipinski definition) is 4. The zero-order chi connectivity index (χ0) is 13.9. The highest BCUT2D eigenvalue weighted by Crippen LogP contribution is 2.18. The summed E-state index contributed by atoms with van der Waals surface area (Å²) in [5.74, 6) is 0.840. The third-order valence-corrected chi connectivity index (χ3v) is 3.27. The van der Waals surface area contributed by atoms with Crippen molar-refractivity contribution in [3.8, 4) is 0 Å². The molecule has 0 aliphatic rings. The van der Waals surface area contributed by atoms with E-state index >= 15 is 0 Å². The van der Waals surface area contributed by atoms with Crippen LogP contribution in [0.25, 0.3) is 10.9 Å². The molecule has 100 valence electrons. The quantitative estimate of drug-likeness (QED) is 0.713. The van der Waals surface area contributed by atoms with E-state index in [0.717, 1.165) is 28.1 Å². The molecule has 0 saturated heterocycles. The average molecular weight is 264 g/mol. The van der Waals surface area contributed by atoms with E-state index in [1.807, 2.05) is 36.4 Å². The lowest BCUT2D eigenvalue weighted by Gasteiger charge is -2.08. The van der Waals surface area contributed by atoms with Crippen LogP contribution < -0.4 is 11.1 Å². The van der Waals surface area contributed by atoms with Gasteiger partial charge in [0.25, 0.3) is 0 Å². The van der Waals surface area contributed by atoms with Crippen molar-refractivity contribution in [3.63, 3.8) is 0 Å². The van der Waals surface area contributed by atoms with Crippen LogP contribution in [0, 0.1) is 6.92 Å². The number of nitrogen functional groups attached to an aromatic ring is 1. The summed E-state index contributed by atoms with van der Waals surface area (Å²) >= 11 is 0. The van der Waals surface area contributed by atoms with Crippen LogP contribution in [0.1, 0.15) is 11.3 Å². The molecule has 4 heteroatoms. The van der Waals surface area contributed by atoms with Gasteiger partial charge in [-0.2, -0.15) is 0 Å². The van der Waals surface area contributed by atoms with Gasteiger partial charge in [-0.05, 0) is 48.9 Å². The van der Waals surface area contributed by atoms with Gasteiger partial charge in [-0.15, -0.1) is 0 Å². The molecule has 0 spiro atoms. The summed E-state index contributed by atoms with van der Waals surface area (Å²) in [6.45, 7) is 2.72. The minimum absolute atomic E-state index is 0.667. The first-order valence-corrected chi connectivity index (χ1v) is 6.53. The number of nitrogens with one attached hydrogen (secondary N) is 1. The van der Waals surface area contributed by atoms with Crippen LogP contribution >= 0.6 is 0 Å². The van der Waals surface area contributed by atoms with Crippen molar-refractivity contribution in [2.75, 3.05) is 11.1 Å².